The molecule has 0 radical (unpaired) electrons. The number of nitrogens with zero attached hydrogens (tertiary/aromatic N) is 4. The van der Waals surface area contributed by atoms with Gasteiger partial charge in [0.2, 0.25) is 0 Å². The zero-order valence-corrected chi connectivity index (χ0v) is 15.1. The van der Waals surface area contributed by atoms with Gasteiger partial charge in [-0.15, -0.1) is 0 Å². The Bertz CT molecular complexity index is 676. The zero-order valence-electron chi connectivity index (χ0n) is 15.1. The number of anilines is 1. The normalized spacial score (nSPS) is 15.9. The number of aromatic nitrogens is 2. The number of nitrogens with one attached hydrogen (secondary N) is 1. The molecule has 6 nitrogen and oxygen atoms in total. The van der Waals surface area contributed by atoms with Crippen LogP contribution in [0.3, 0.4) is 0 Å². The average molecular weight is 341 g/mol. The van der Waals surface area contributed by atoms with Gasteiger partial charge < -0.3 is 15.1 Å². The molecule has 25 heavy (non-hydrogen) atoms. The van der Waals surface area contributed by atoms with Gasteiger partial charge in [0.05, 0.1) is 11.8 Å². The molecule has 0 aliphatic carbocycles. The smallest absolute Gasteiger partial charge is 0.254 e. The summed E-state index contributed by atoms with van der Waals surface area (Å²) in [6, 6.07) is 10.7. The fourth-order valence-corrected chi connectivity index (χ4v) is 3.21. The van der Waals surface area contributed by atoms with Crippen LogP contribution >= 0.6 is 0 Å². The summed E-state index contributed by atoms with van der Waals surface area (Å²) < 4.78 is 1.65. The number of carbonyl (C=O) groups is 1. The highest BCUT2D eigenvalue weighted by atomic mass is 16.1. The lowest BCUT2D eigenvalue weighted by molar-refractivity contribution is 0.0912. The van der Waals surface area contributed by atoms with E-state index in [1.54, 1.807) is 17.1 Å². The van der Waals surface area contributed by atoms with E-state index >= 15 is 0 Å². The first kappa shape index (κ1) is 17.5. The fraction of sp³-hybridized carbons (Fsp3) is 0.474. The van der Waals surface area contributed by atoms with Gasteiger partial charge in [-0.2, -0.15) is 5.10 Å². The van der Waals surface area contributed by atoms with E-state index in [1.807, 2.05) is 13.1 Å². The second kappa shape index (κ2) is 8.16. The van der Waals surface area contributed by atoms with Crippen molar-refractivity contribution in [2.45, 2.75) is 18.9 Å². The van der Waals surface area contributed by atoms with Gasteiger partial charge in [0.1, 0.15) is 0 Å². The second-order valence-corrected chi connectivity index (χ2v) is 6.75. The highest BCUT2D eigenvalue weighted by molar-refractivity contribution is 5.93. The number of hydrogen-bond donors (Lipinski definition) is 1. The van der Waals surface area contributed by atoms with E-state index in [0.29, 0.717) is 5.56 Å². The molecule has 6 heteroatoms. The lowest BCUT2D eigenvalue weighted by Crippen LogP contribution is -2.46. The van der Waals surface area contributed by atoms with E-state index in [4.69, 9.17) is 0 Å². The fourth-order valence-electron chi connectivity index (χ4n) is 3.21. The third kappa shape index (κ3) is 4.82. The highest BCUT2D eigenvalue weighted by Crippen LogP contribution is 2.13. The number of rotatable bonds is 6. The number of amides is 1. The monoisotopic (exact) mass is 341 g/mol. The van der Waals surface area contributed by atoms with Crippen LogP contribution in [0.1, 0.15) is 23.2 Å². The first-order valence-electron chi connectivity index (χ1n) is 8.90. The van der Waals surface area contributed by atoms with E-state index < -0.39 is 0 Å². The van der Waals surface area contributed by atoms with Crippen molar-refractivity contribution in [1.82, 2.24) is 20.0 Å². The SMILES string of the molecule is CN(CCN1CCC(NC(=O)c2cnn(C)c2)CC1)c1ccccc1. The molecular formula is C19H27N5O. The van der Waals surface area contributed by atoms with Crippen molar-refractivity contribution in [3.05, 3.63) is 48.3 Å². The Labute approximate surface area is 149 Å². The Morgan fingerprint density at radius 3 is 2.64 bits per heavy atom. The highest BCUT2D eigenvalue weighted by Gasteiger charge is 2.21. The Hall–Kier alpha value is -2.34. The molecule has 0 atom stereocenters. The maximum Gasteiger partial charge on any atom is 0.254 e. The third-order valence-corrected chi connectivity index (χ3v) is 4.84. The maximum atomic E-state index is 12.2. The number of likely N-dealkylation sites (N-methyl/N-ethyl adjacent to an activating group) is 1. The van der Waals surface area contributed by atoms with E-state index in [2.05, 4.69) is 51.5 Å². The van der Waals surface area contributed by atoms with Gasteiger partial charge in [-0.1, -0.05) is 18.2 Å². The van der Waals surface area contributed by atoms with Gasteiger partial charge in [0.15, 0.2) is 0 Å². The molecule has 2 heterocycles. The molecule has 1 aromatic heterocycles. The van der Waals surface area contributed by atoms with Crippen LogP contribution < -0.4 is 10.2 Å². The van der Waals surface area contributed by atoms with Crippen molar-refractivity contribution in [2.75, 3.05) is 38.1 Å². The average Bonchev–Trinajstić information content (AvgIpc) is 3.08. The Morgan fingerprint density at radius 2 is 2.00 bits per heavy atom. The summed E-state index contributed by atoms with van der Waals surface area (Å²) in [5.41, 5.74) is 1.88. The Morgan fingerprint density at radius 1 is 1.28 bits per heavy atom. The van der Waals surface area contributed by atoms with E-state index in [-0.39, 0.29) is 11.9 Å². The van der Waals surface area contributed by atoms with Crippen molar-refractivity contribution >= 4 is 11.6 Å². The van der Waals surface area contributed by atoms with E-state index in [0.717, 1.165) is 39.0 Å². The molecule has 1 N–H and O–H groups in total. The molecule has 0 unspecified atom stereocenters. The van der Waals surface area contributed by atoms with Gasteiger partial charge in [0, 0.05) is 58.2 Å². The predicted octanol–water partition coefficient (Wildman–Crippen LogP) is 1.75. The molecule has 0 spiro atoms. The minimum atomic E-state index is -0.0182. The second-order valence-electron chi connectivity index (χ2n) is 6.75. The van der Waals surface area contributed by atoms with Crippen molar-refractivity contribution < 1.29 is 4.79 Å². The van der Waals surface area contributed by atoms with Gasteiger partial charge in [0.25, 0.3) is 5.91 Å². The molecule has 1 saturated heterocycles. The third-order valence-electron chi connectivity index (χ3n) is 4.84. The lowest BCUT2D eigenvalue weighted by atomic mass is 10.0. The molecule has 134 valence electrons. The van der Waals surface area contributed by atoms with Crippen LogP contribution in [0.15, 0.2) is 42.7 Å². The number of carbonyl (C=O) groups excluding carboxylic acids is 1. The number of piperidine rings is 1. The molecule has 1 aliphatic rings. The lowest BCUT2D eigenvalue weighted by Gasteiger charge is -2.33. The summed E-state index contributed by atoms with van der Waals surface area (Å²) in [4.78, 5) is 17.0. The largest absolute Gasteiger partial charge is 0.373 e. The number of aryl methyl sites for hydroxylation is 1. The molecular weight excluding hydrogens is 314 g/mol. The molecule has 1 fully saturated rings. The van der Waals surface area contributed by atoms with Crippen molar-refractivity contribution in [2.24, 2.45) is 7.05 Å². The van der Waals surface area contributed by atoms with Crippen LogP contribution in [0.5, 0.6) is 0 Å². The number of benzene rings is 1. The number of hydrogen-bond acceptors (Lipinski definition) is 4. The van der Waals surface area contributed by atoms with Crippen molar-refractivity contribution in [3.63, 3.8) is 0 Å². The summed E-state index contributed by atoms with van der Waals surface area (Å²) >= 11 is 0. The van der Waals surface area contributed by atoms with Crippen LogP contribution in [-0.4, -0.2) is 59.9 Å². The minimum absolute atomic E-state index is 0.0182. The van der Waals surface area contributed by atoms with Crippen LogP contribution in [0.4, 0.5) is 5.69 Å². The molecule has 1 aromatic carbocycles. The quantitative estimate of drug-likeness (QED) is 0.870. The van der Waals surface area contributed by atoms with Crippen LogP contribution in [0, 0.1) is 0 Å². The van der Waals surface area contributed by atoms with Crippen molar-refractivity contribution in [3.8, 4) is 0 Å². The molecule has 1 aliphatic heterocycles. The Kier molecular flexibility index (Phi) is 5.71. The molecule has 2 aromatic rings. The molecule has 0 saturated carbocycles. The van der Waals surface area contributed by atoms with Crippen molar-refractivity contribution in [1.29, 1.82) is 0 Å². The predicted molar refractivity (Wildman–Crippen MR) is 99.8 cm³/mol. The summed E-state index contributed by atoms with van der Waals surface area (Å²) in [6.45, 7) is 4.12. The summed E-state index contributed by atoms with van der Waals surface area (Å²) in [6.07, 6.45) is 5.37. The van der Waals surface area contributed by atoms with Gasteiger partial charge in [-0.25, -0.2) is 0 Å². The molecule has 0 bridgehead atoms. The van der Waals surface area contributed by atoms with E-state index in [1.165, 1.54) is 5.69 Å². The van der Waals surface area contributed by atoms with Crippen LogP contribution in [0.25, 0.3) is 0 Å². The maximum absolute atomic E-state index is 12.2. The first-order valence-corrected chi connectivity index (χ1v) is 8.90. The summed E-state index contributed by atoms with van der Waals surface area (Å²) in [5.74, 6) is -0.0182. The number of para-hydroxylation sites is 1. The topological polar surface area (TPSA) is 53.4 Å². The Balaban J connectivity index is 1.39. The minimum Gasteiger partial charge on any atom is -0.373 e. The standard InChI is InChI=1S/C19H27N5O/c1-22(18-6-4-3-5-7-18)12-13-24-10-8-17(9-11-24)21-19(25)16-14-20-23(2)15-16/h3-7,14-15,17H,8-13H2,1-2H3,(H,21,25). The summed E-state index contributed by atoms with van der Waals surface area (Å²) in [7, 11) is 3.96. The number of likely N-dealkylation sites (tertiary alicyclic amines) is 1. The summed E-state index contributed by atoms with van der Waals surface area (Å²) in [5, 5.41) is 7.18. The molecule has 3 rings (SSSR count). The van der Waals surface area contributed by atoms with Gasteiger partial charge in [-0.05, 0) is 25.0 Å². The first-order chi connectivity index (χ1) is 12.1. The zero-order chi connectivity index (χ0) is 17.6. The van der Waals surface area contributed by atoms with E-state index in [9.17, 15) is 4.79 Å². The molecule has 1 amide bonds. The van der Waals surface area contributed by atoms with Gasteiger partial charge in [-0.3, -0.25) is 9.48 Å². The van der Waals surface area contributed by atoms with Crippen LogP contribution in [0.2, 0.25) is 0 Å². The van der Waals surface area contributed by atoms with Crippen LogP contribution in [-0.2, 0) is 7.05 Å². The van der Waals surface area contributed by atoms with Gasteiger partial charge >= 0.3 is 0 Å².